The zero-order valence-electron chi connectivity index (χ0n) is 12.6. The molecule has 1 saturated heterocycles. The molecular formula is C16H24N2O3. The van der Waals surface area contributed by atoms with Crippen LogP contribution >= 0.6 is 0 Å². The number of piperidine rings is 1. The predicted octanol–water partition coefficient (Wildman–Crippen LogP) is 3.47. The van der Waals surface area contributed by atoms with Crippen LogP contribution in [-0.2, 0) is 4.74 Å². The third kappa shape index (κ3) is 5.63. The van der Waals surface area contributed by atoms with E-state index in [0.717, 1.165) is 25.3 Å². The highest BCUT2D eigenvalue weighted by molar-refractivity contribution is 5.84. The Kier molecular flexibility index (Phi) is 6.34. The topological polar surface area (TPSA) is 50.8 Å². The number of amides is 1. The number of nitrogens with zero attached hydrogens (tertiary/aromatic N) is 1. The van der Waals surface area contributed by atoms with Gasteiger partial charge >= 0.3 is 6.09 Å². The summed E-state index contributed by atoms with van der Waals surface area (Å²) in [4.78, 5) is 13.9. The van der Waals surface area contributed by atoms with Crippen molar-refractivity contribution in [3.63, 3.8) is 0 Å². The quantitative estimate of drug-likeness (QED) is 0.872. The number of likely N-dealkylation sites (tertiary alicyclic amines) is 1. The molecule has 1 aliphatic rings. The van der Waals surface area contributed by atoms with Crippen LogP contribution in [-0.4, -0.2) is 37.4 Å². The molecule has 2 rings (SSSR count). The minimum atomic E-state index is -0.423. The summed E-state index contributed by atoms with van der Waals surface area (Å²) < 4.78 is 10.8. The van der Waals surface area contributed by atoms with Crippen LogP contribution in [0.5, 0.6) is 5.75 Å². The van der Waals surface area contributed by atoms with Crippen molar-refractivity contribution in [2.24, 2.45) is 0 Å². The first-order valence-electron chi connectivity index (χ1n) is 7.67. The van der Waals surface area contributed by atoms with E-state index in [4.69, 9.17) is 9.47 Å². The zero-order valence-corrected chi connectivity index (χ0v) is 12.6. The lowest BCUT2D eigenvalue weighted by atomic mass is 10.1. The summed E-state index contributed by atoms with van der Waals surface area (Å²) in [5, 5.41) is 2.73. The van der Waals surface area contributed by atoms with Gasteiger partial charge in [0.25, 0.3) is 0 Å². The Bertz CT molecular complexity index is 445. The molecule has 116 valence electrons. The minimum Gasteiger partial charge on any atom is -0.494 e. The van der Waals surface area contributed by atoms with Crippen LogP contribution in [0.25, 0.3) is 0 Å². The molecule has 0 atom stereocenters. The molecule has 1 aliphatic heterocycles. The summed E-state index contributed by atoms with van der Waals surface area (Å²) in [6.07, 6.45) is 4.17. The fourth-order valence-corrected chi connectivity index (χ4v) is 2.28. The first-order chi connectivity index (χ1) is 10.3. The summed E-state index contributed by atoms with van der Waals surface area (Å²) in [6, 6.07) is 7.35. The number of ether oxygens (including phenoxy) is 2. The Balaban J connectivity index is 1.76. The molecule has 1 fully saturated rings. The van der Waals surface area contributed by atoms with Gasteiger partial charge in [0.15, 0.2) is 0 Å². The maximum Gasteiger partial charge on any atom is 0.412 e. The average molecular weight is 292 g/mol. The second kappa shape index (κ2) is 8.52. The number of hydrogen-bond acceptors (Lipinski definition) is 4. The molecule has 5 heteroatoms. The molecular weight excluding hydrogens is 268 g/mol. The highest BCUT2D eigenvalue weighted by atomic mass is 16.6. The second-order valence-corrected chi connectivity index (χ2v) is 5.24. The zero-order chi connectivity index (χ0) is 14.9. The van der Waals surface area contributed by atoms with Gasteiger partial charge in [-0.2, -0.15) is 0 Å². The van der Waals surface area contributed by atoms with Crippen molar-refractivity contribution in [2.45, 2.75) is 32.6 Å². The van der Waals surface area contributed by atoms with Crippen LogP contribution in [0.15, 0.2) is 24.3 Å². The van der Waals surface area contributed by atoms with Crippen LogP contribution in [0.2, 0.25) is 0 Å². The first kappa shape index (κ1) is 15.6. The van der Waals surface area contributed by atoms with E-state index < -0.39 is 6.09 Å². The lowest BCUT2D eigenvalue weighted by molar-refractivity contribution is 0.0659. The smallest absolute Gasteiger partial charge is 0.412 e. The van der Waals surface area contributed by atoms with Gasteiger partial charge in [-0.15, -0.1) is 0 Å². The summed E-state index contributed by atoms with van der Waals surface area (Å²) in [5.41, 5.74) is 0.687. The van der Waals surface area contributed by atoms with Gasteiger partial charge in [-0.3, -0.25) is 10.2 Å². The molecule has 1 N–H and O–H groups in total. The number of anilines is 1. The van der Waals surface area contributed by atoms with Gasteiger partial charge in [0.1, 0.15) is 12.5 Å². The van der Waals surface area contributed by atoms with Gasteiger partial charge in [0, 0.05) is 24.8 Å². The molecule has 1 heterocycles. The van der Waals surface area contributed by atoms with Gasteiger partial charge in [-0.05, 0) is 31.4 Å². The first-order valence-corrected chi connectivity index (χ1v) is 7.67. The Labute approximate surface area is 126 Å². The molecule has 0 unspecified atom stereocenters. The van der Waals surface area contributed by atoms with E-state index in [1.807, 2.05) is 18.2 Å². The fraction of sp³-hybridized carbons (Fsp3) is 0.562. The third-order valence-corrected chi connectivity index (χ3v) is 3.38. The molecule has 0 aromatic heterocycles. The predicted molar refractivity (Wildman–Crippen MR) is 82.6 cm³/mol. The van der Waals surface area contributed by atoms with Gasteiger partial charge < -0.3 is 9.47 Å². The normalized spacial score (nSPS) is 15.5. The Morgan fingerprint density at radius 1 is 1.29 bits per heavy atom. The Hall–Kier alpha value is -1.75. The van der Waals surface area contributed by atoms with E-state index in [1.54, 1.807) is 6.07 Å². The maximum atomic E-state index is 11.8. The van der Waals surface area contributed by atoms with Crippen molar-refractivity contribution in [3.05, 3.63) is 24.3 Å². The van der Waals surface area contributed by atoms with Crippen molar-refractivity contribution < 1.29 is 14.3 Å². The molecule has 21 heavy (non-hydrogen) atoms. The van der Waals surface area contributed by atoms with Crippen molar-refractivity contribution in [1.29, 1.82) is 0 Å². The van der Waals surface area contributed by atoms with Gasteiger partial charge in [-0.25, -0.2) is 4.79 Å². The highest BCUT2D eigenvalue weighted by Crippen LogP contribution is 2.17. The number of nitrogens with one attached hydrogen (secondary N) is 1. The minimum absolute atomic E-state index is 0.359. The largest absolute Gasteiger partial charge is 0.494 e. The van der Waals surface area contributed by atoms with Crippen LogP contribution in [0.4, 0.5) is 10.5 Å². The van der Waals surface area contributed by atoms with E-state index in [2.05, 4.69) is 17.1 Å². The van der Waals surface area contributed by atoms with Crippen LogP contribution in [0.1, 0.15) is 32.6 Å². The van der Waals surface area contributed by atoms with E-state index in [9.17, 15) is 4.79 Å². The third-order valence-electron chi connectivity index (χ3n) is 3.38. The van der Waals surface area contributed by atoms with Crippen LogP contribution in [0, 0.1) is 0 Å². The number of carbonyl (C=O) groups is 1. The van der Waals surface area contributed by atoms with E-state index in [0.29, 0.717) is 19.0 Å². The Morgan fingerprint density at radius 2 is 2.10 bits per heavy atom. The summed E-state index contributed by atoms with van der Waals surface area (Å²) in [6.45, 7) is 5.10. The second-order valence-electron chi connectivity index (χ2n) is 5.24. The highest BCUT2D eigenvalue weighted by Gasteiger charge is 2.12. The standard InChI is InChI=1S/C16H24N2O3/c1-2-11-20-15-8-6-7-14(12-15)17-16(19)21-13-18-9-4-3-5-10-18/h6-8,12H,2-5,9-11,13H2,1H3,(H,17,19). The Morgan fingerprint density at radius 3 is 2.86 bits per heavy atom. The van der Waals surface area contributed by atoms with Gasteiger partial charge in [-0.1, -0.05) is 19.4 Å². The van der Waals surface area contributed by atoms with E-state index in [1.165, 1.54) is 19.3 Å². The fourth-order valence-electron chi connectivity index (χ4n) is 2.28. The summed E-state index contributed by atoms with van der Waals surface area (Å²) in [7, 11) is 0. The molecule has 0 aliphatic carbocycles. The van der Waals surface area contributed by atoms with Gasteiger partial charge in [0.2, 0.25) is 0 Å². The monoisotopic (exact) mass is 292 g/mol. The molecule has 5 nitrogen and oxygen atoms in total. The molecule has 0 spiro atoms. The average Bonchev–Trinajstić information content (AvgIpc) is 2.52. The molecule has 1 aromatic rings. The number of benzene rings is 1. The molecule has 1 amide bonds. The molecule has 1 aromatic carbocycles. The molecule has 0 bridgehead atoms. The molecule has 0 radical (unpaired) electrons. The van der Waals surface area contributed by atoms with Crippen molar-refractivity contribution in [1.82, 2.24) is 4.90 Å². The maximum absolute atomic E-state index is 11.8. The summed E-state index contributed by atoms with van der Waals surface area (Å²) in [5.74, 6) is 0.755. The number of rotatable bonds is 6. The lowest BCUT2D eigenvalue weighted by Gasteiger charge is -2.25. The van der Waals surface area contributed by atoms with E-state index in [-0.39, 0.29) is 0 Å². The lowest BCUT2D eigenvalue weighted by Crippen LogP contribution is -2.33. The van der Waals surface area contributed by atoms with Crippen molar-refractivity contribution in [2.75, 3.05) is 31.7 Å². The SMILES string of the molecule is CCCOc1cccc(NC(=O)OCN2CCCCC2)c1. The van der Waals surface area contributed by atoms with Gasteiger partial charge in [0.05, 0.1) is 6.61 Å². The van der Waals surface area contributed by atoms with Crippen molar-refractivity contribution >= 4 is 11.8 Å². The molecule has 0 saturated carbocycles. The van der Waals surface area contributed by atoms with Crippen molar-refractivity contribution in [3.8, 4) is 5.75 Å². The van der Waals surface area contributed by atoms with Crippen LogP contribution in [0.3, 0.4) is 0 Å². The van der Waals surface area contributed by atoms with E-state index >= 15 is 0 Å². The number of hydrogen-bond donors (Lipinski definition) is 1. The summed E-state index contributed by atoms with van der Waals surface area (Å²) >= 11 is 0. The number of carbonyl (C=O) groups excluding carboxylic acids is 1. The van der Waals surface area contributed by atoms with Crippen LogP contribution < -0.4 is 10.1 Å².